The van der Waals surface area contributed by atoms with Gasteiger partial charge in [0.1, 0.15) is 10.5 Å². The summed E-state index contributed by atoms with van der Waals surface area (Å²) >= 11 is 0. The van der Waals surface area contributed by atoms with E-state index in [1.165, 1.54) is 16.6 Å². The first-order valence-electron chi connectivity index (χ1n) is 7.22. The Bertz CT molecular complexity index is 949. The van der Waals surface area contributed by atoms with E-state index in [4.69, 9.17) is 0 Å². The van der Waals surface area contributed by atoms with Gasteiger partial charge in [0.25, 0.3) is 5.56 Å². The van der Waals surface area contributed by atoms with Crippen LogP contribution in [-0.2, 0) is 10.0 Å². The molecule has 124 valence electrons. The highest BCUT2D eigenvalue weighted by Gasteiger charge is 2.35. The maximum atomic E-state index is 12.8. The molecule has 0 spiro atoms. The lowest BCUT2D eigenvalue weighted by Crippen LogP contribution is -2.40. The van der Waals surface area contributed by atoms with Crippen LogP contribution in [-0.4, -0.2) is 53.9 Å². The van der Waals surface area contributed by atoms with Gasteiger partial charge in [-0.3, -0.25) is 14.8 Å². The number of aromatic amines is 2. The molecule has 0 aliphatic carbocycles. The summed E-state index contributed by atoms with van der Waals surface area (Å²) in [5.41, 5.74) is -1.29. The lowest BCUT2D eigenvalue weighted by atomic mass is 10.2. The summed E-state index contributed by atoms with van der Waals surface area (Å²) in [4.78, 5) is 31.4. The van der Waals surface area contributed by atoms with E-state index in [9.17, 15) is 18.0 Å². The maximum absolute atomic E-state index is 12.8. The van der Waals surface area contributed by atoms with Crippen LogP contribution in [0.5, 0.6) is 0 Å². The molecule has 0 bridgehead atoms. The van der Waals surface area contributed by atoms with Crippen LogP contribution in [0.4, 0.5) is 0 Å². The summed E-state index contributed by atoms with van der Waals surface area (Å²) in [6.07, 6.45) is 2.75. The highest BCUT2D eigenvalue weighted by Crippen LogP contribution is 2.26. The topological polar surface area (TPSA) is 128 Å². The highest BCUT2D eigenvalue weighted by molar-refractivity contribution is 7.89. The number of fused-ring (bicyclic) bond motifs is 1. The number of H-pyrrole nitrogens is 2. The summed E-state index contributed by atoms with van der Waals surface area (Å²) in [7, 11) is -1.97. The summed E-state index contributed by atoms with van der Waals surface area (Å²) in [5, 5.41) is 3.03. The van der Waals surface area contributed by atoms with E-state index in [1.807, 2.05) is 0 Å². The molecule has 3 rings (SSSR count). The van der Waals surface area contributed by atoms with Crippen LogP contribution >= 0.6 is 0 Å². The molecule has 1 fully saturated rings. The van der Waals surface area contributed by atoms with Crippen LogP contribution in [0.1, 0.15) is 12.8 Å². The molecule has 0 aromatic carbocycles. The van der Waals surface area contributed by atoms with Crippen molar-refractivity contribution in [3.63, 3.8) is 0 Å². The number of aromatic nitrogens is 3. The van der Waals surface area contributed by atoms with Crippen LogP contribution < -0.4 is 16.6 Å². The minimum Gasteiger partial charge on any atom is -0.318 e. The van der Waals surface area contributed by atoms with Crippen LogP contribution in [0, 0.1) is 0 Å². The fourth-order valence-electron chi connectivity index (χ4n) is 2.87. The molecule has 23 heavy (non-hydrogen) atoms. The van der Waals surface area contributed by atoms with Gasteiger partial charge in [0.15, 0.2) is 0 Å². The molecule has 3 heterocycles. The number of pyridine rings is 1. The molecule has 9 nitrogen and oxygen atoms in total. The Morgan fingerprint density at radius 3 is 2.91 bits per heavy atom. The zero-order valence-electron chi connectivity index (χ0n) is 12.5. The third kappa shape index (κ3) is 2.80. The summed E-state index contributed by atoms with van der Waals surface area (Å²) in [6, 6.07) is 1.14. The van der Waals surface area contributed by atoms with Crippen LogP contribution in [0.2, 0.25) is 0 Å². The van der Waals surface area contributed by atoms with Gasteiger partial charge < -0.3 is 5.32 Å². The van der Waals surface area contributed by atoms with Gasteiger partial charge in [0.05, 0.1) is 5.39 Å². The SMILES string of the molecule is CNCC1CCCN1S(=O)(=O)c1cnc2[nH]c(=O)[nH]c(=O)c2c1. The van der Waals surface area contributed by atoms with E-state index in [0.29, 0.717) is 13.1 Å². The van der Waals surface area contributed by atoms with E-state index in [0.717, 1.165) is 12.8 Å². The Hall–Kier alpha value is -2.04. The largest absolute Gasteiger partial charge is 0.327 e. The Kier molecular flexibility index (Phi) is 4.04. The second kappa shape index (κ2) is 5.87. The van der Waals surface area contributed by atoms with E-state index < -0.39 is 21.3 Å². The molecule has 1 atom stereocenters. The predicted molar refractivity (Wildman–Crippen MR) is 83.8 cm³/mol. The van der Waals surface area contributed by atoms with Gasteiger partial charge in [0, 0.05) is 25.3 Å². The van der Waals surface area contributed by atoms with Crippen LogP contribution in [0.15, 0.2) is 26.7 Å². The molecule has 0 amide bonds. The molecule has 1 aliphatic rings. The number of nitrogens with one attached hydrogen (secondary N) is 3. The minimum absolute atomic E-state index is 0.0371. The quantitative estimate of drug-likeness (QED) is 0.654. The molecule has 1 unspecified atom stereocenters. The lowest BCUT2D eigenvalue weighted by molar-refractivity contribution is 0.379. The average molecular weight is 339 g/mol. The second-order valence-electron chi connectivity index (χ2n) is 5.44. The van der Waals surface area contributed by atoms with Crippen molar-refractivity contribution in [1.82, 2.24) is 24.6 Å². The van der Waals surface area contributed by atoms with E-state index >= 15 is 0 Å². The zero-order chi connectivity index (χ0) is 16.6. The Balaban J connectivity index is 2.08. The number of hydrogen-bond donors (Lipinski definition) is 3. The van der Waals surface area contributed by atoms with Gasteiger partial charge in [-0.15, -0.1) is 0 Å². The van der Waals surface area contributed by atoms with E-state index in [1.54, 1.807) is 7.05 Å². The second-order valence-corrected chi connectivity index (χ2v) is 7.34. The third-order valence-electron chi connectivity index (χ3n) is 3.94. The Morgan fingerprint density at radius 1 is 1.39 bits per heavy atom. The average Bonchev–Trinajstić information content (AvgIpc) is 2.96. The molecular weight excluding hydrogens is 322 g/mol. The zero-order valence-corrected chi connectivity index (χ0v) is 13.3. The molecular formula is C13H17N5O4S. The van der Waals surface area contributed by atoms with Gasteiger partial charge in [0.2, 0.25) is 10.0 Å². The van der Waals surface area contributed by atoms with Crippen molar-refractivity contribution in [2.75, 3.05) is 20.1 Å². The van der Waals surface area contributed by atoms with Crippen molar-refractivity contribution in [2.24, 2.45) is 0 Å². The molecule has 1 aliphatic heterocycles. The fourth-order valence-corrected chi connectivity index (χ4v) is 4.53. The summed E-state index contributed by atoms with van der Waals surface area (Å²) < 4.78 is 27.1. The van der Waals surface area contributed by atoms with Gasteiger partial charge >= 0.3 is 5.69 Å². The summed E-state index contributed by atoms with van der Waals surface area (Å²) in [5.74, 6) is 0. The minimum atomic E-state index is -3.74. The van der Waals surface area contributed by atoms with Gasteiger partial charge in [-0.1, -0.05) is 0 Å². The van der Waals surface area contributed by atoms with Crippen molar-refractivity contribution in [2.45, 2.75) is 23.8 Å². The van der Waals surface area contributed by atoms with Crippen LogP contribution in [0.25, 0.3) is 11.0 Å². The molecule has 2 aromatic rings. The van der Waals surface area contributed by atoms with Crippen molar-refractivity contribution >= 4 is 21.1 Å². The predicted octanol–water partition coefficient (Wildman–Crippen LogP) is -1.02. The fraction of sp³-hybridized carbons (Fsp3) is 0.462. The normalized spacial score (nSPS) is 19.4. The first kappa shape index (κ1) is 15.8. The van der Waals surface area contributed by atoms with Gasteiger partial charge in [-0.05, 0) is 26.0 Å². The first-order valence-corrected chi connectivity index (χ1v) is 8.66. The van der Waals surface area contributed by atoms with E-state index in [2.05, 4.69) is 20.3 Å². The first-order chi connectivity index (χ1) is 10.9. The van der Waals surface area contributed by atoms with Crippen molar-refractivity contribution in [3.8, 4) is 0 Å². The summed E-state index contributed by atoms with van der Waals surface area (Å²) in [6.45, 7) is 1.00. The van der Waals surface area contributed by atoms with Crippen molar-refractivity contribution in [3.05, 3.63) is 33.1 Å². The monoisotopic (exact) mass is 339 g/mol. The third-order valence-corrected chi connectivity index (χ3v) is 5.85. The molecule has 3 N–H and O–H groups in total. The number of rotatable bonds is 4. The molecule has 0 radical (unpaired) electrons. The molecule has 10 heteroatoms. The standard InChI is InChI=1S/C13H17N5O4S/c1-14-6-8-3-2-4-18(8)23(21,22)9-5-10-11(15-7-9)16-13(20)17-12(10)19/h5,7-8,14H,2-4,6H2,1H3,(H2,15,16,17,19,20). The molecule has 0 saturated carbocycles. The maximum Gasteiger partial charge on any atom is 0.327 e. The Labute approximate surface area is 131 Å². The number of hydrogen-bond acceptors (Lipinski definition) is 6. The highest BCUT2D eigenvalue weighted by atomic mass is 32.2. The Morgan fingerprint density at radius 2 is 2.17 bits per heavy atom. The molecule has 2 aromatic heterocycles. The van der Waals surface area contributed by atoms with Crippen molar-refractivity contribution < 1.29 is 8.42 Å². The lowest BCUT2D eigenvalue weighted by Gasteiger charge is -2.23. The number of sulfonamides is 1. The smallest absolute Gasteiger partial charge is 0.318 e. The van der Waals surface area contributed by atoms with Crippen molar-refractivity contribution in [1.29, 1.82) is 0 Å². The van der Waals surface area contributed by atoms with Gasteiger partial charge in [-0.2, -0.15) is 4.31 Å². The number of nitrogens with zero attached hydrogens (tertiary/aromatic N) is 2. The van der Waals surface area contributed by atoms with Crippen LogP contribution in [0.3, 0.4) is 0 Å². The molecule has 1 saturated heterocycles. The number of likely N-dealkylation sites (N-methyl/N-ethyl adjacent to an activating group) is 1. The van der Waals surface area contributed by atoms with Gasteiger partial charge in [-0.25, -0.2) is 18.2 Å². The van der Waals surface area contributed by atoms with E-state index in [-0.39, 0.29) is 22.0 Å².